The van der Waals surface area contributed by atoms with E-state index in [0.29, 0.717) is 24.7 Å². The Hall–Kier alpha value is -2.35. The molecule has 0 spiro atoms. The summed E-state index contributed by atoms with van der Waals surface area (Å²) in [5.41, 5.74) is -0.523. The fourth-order valence-electron chi connectivity index (χ4n) is 2.71. The number of carbonyl (C=O) groups excluding carboxylic acids is 1. The molecule has 24 heavy (non-hydrogen) atoms. The first-order valence-corrected chi connectivity index (χ1v) is 7.68. The minimum absolute atomic E-state index is 0.140. The van der Waals surface area contributed by atoms with Crippen LogP contribution in [0.4, 0.5) is 8.78 Å². The molecule has 8 heteroatoms. The Morgan fingerprint density at radius 2 is 2.17 bits per heavy atom. The van der Waals surface area contributed by atoms with Crippen molar-refractivity contribution in [2.24, 2.45) is 0 Å². The fraction of sp³-hybridized carbons (Fsp3) is 0.438. The lowest BCUT2D eigenvalue weighted by Crippen LogP contribution is -2.43. The average Bonchev–Trinajstić information content (AvgIpc) is 2.98. The van der Waals surface area contributed by atoms with Crippen molar-refractivity contribution in [2.45, 2.75) is 32.5 Å². The van der Waals surface area contributed by atoms with Gasteiger partial charge in [-0.05, 0) is 31.9 Å². The van der Waals surface area contributed by atoms with Crippen LogP contribution in [0.3, 0.4) is 0 Å². The van der Waals surface area contributed by atoms with Crippen molar-refractivity contribution < 1.29 is 22.8 Å². The van der Waals surface area contributed by atoms with Gasteiger partial charge in [0, 0.05) is 13.1 Å². The highest BCUT2D eigenvalue weighted by atomic mass is 19.1. The first kappa shape index (κ1) is 16.5. The van der Waals surface area contributed by atoms with Crippen molar-refractivity contribution in [3.63, 3.8) is 0 Å². The molecule has 2 heterocycles. The van der Waals surface area contributed by atoms with Crippen molar-refractivity contribution in [1.29, 1.82) is 0 Å². The van der Waals surface area contributed by atoms with Gasteiger partial charge in [0.05, 0.1) is 6.10 Å². The van der Waals surface area contributed by atoms with E-state index < -0.39 is 23.1 Å². The molecule has 0 bridgehead atoms. The van der Waals surface area contributed by atoms with Gasteiger partial charge in [-0.3, -0.25) is 4.79 Å². The number of aryl methyl sites for hydroxylation is 1. The lowest BCUT2D eigenvalue weighted by molar-refractivity contribution is -0.0155. The summed E-state index contributed by atoms with van der Waals surface area (Å²) < 4.78 is 38.2. The highest BCUT2D eigenvalue weighted by Gasteiger charge is 2.28. The van der Waals surface area contributed by atoms with Crippen molar-refractivity contribution >= 4 is 5.91 Å². The SMILES string of the molecule is Cc1noc(CO[C@H]2CCCN(C(=O)c3c(F)cccc3F)C2)n1. The highest BCUT2D eigenvalue weighted by Crippen LogP contribution is 2.20. The fourth-order valence-corrected chi connectivity index (χ4v) is 2.71. The molecule has 1 fully saturated rings. The van der Waals surface area contributed by atoms with E-state index in [1.54, 1.807) is 6.92 Å². The largest absolute Gasteiger partial charge is 0.367 e. The third-order valence-corrected chi connectivity index (χ3v) is 3.85. The van der Waals surface area contributed by atoms with Crippen LogP contribution in [-0.2, 0) is 11.3 Å². The Balaban J connectivity index is 1.63. The Morgan fingerprint density at radius 3 is 2.83 bits per heavy atom. The van der Waals surface area contributed by atoms with Crippen molar-refractivity contribution in [3.8, 4) is 0 Å². The average molecular weight is 337 g/mol. The molecule has 2 aromatic rings. The van der Waals surface area contributed by atoms with Gasteiger partial charge < -0.3 is 14.2 Å². The van der Waals surface area contributed by atoms with Crippen LogP contribution >= 0.6 is 0 Å². The summed E-state index contributed by atoms with van der Waals surface area (Å²) in [6.07, 6.45) is 1.19. The van der Waals surface area contributed by atoms with Crippen LogP contribution in [0.2, 0.25) is 0 Å². The summed E-state index contributed by atoms with van der Waals surface area (Å²) in [6.45, 7) is 2.55. The van der Waals surface area contributed by atoms with Gasteiger partial charge in [-0.1, -0.05) is 11.2 Å². The number of carbonyl (C=O) groups is 1. The molecule has 3 rings (SSSR count). The second-order valence-electron chi connectivity index (χ2n) is 5.66. The minimum atomic E-state index is -0.857. The molecule has 1 atom stereocenters. The molecule has 0 aliphatic carbocycles. The quantitative estimate of drug-likeness (QED) is 0.857. The van der Waals surface area contributed by atoms with E-state index in [-0.39, 0.29) is 19.3 Å². The number of rotatable bonds is 4. The maximum absolute atomic E-state index is 13.8. The molecule has 1 aromatic carbocycles. The molecule has 128 valence electrons. The van der Waals surface area contributed by atoms with Gasteiger partial charge in [0.15, 0.2) is 5.82 Å². The van der Waals surface area contributed by atoms with Crippen LogP contribution < -0.4 is 0 Å². The van der Waals surface area contributed by atoms with E-state index in [1.165, 1.54) is 11.0 Å². The summed E-state index contributed by atoms with van der Waals surface area (Å²) >= 11 is 0. The number of halogens is 2. The molecule has 0 saturated carbocycles. The smallest absolute Gasteiger partial charge is 0.259 e. The predicted molar refractivity (Wildman–Crippen MR) is 79.1 cm³/mol. The first-order valence-electron chi connectivity index (χ1n) is 7.68. The van der Waals surface area contributed by atoms with Crippen molar-refractivity contribution in [2.75, 3.05) is 13.1 Å². The van der Waals surface area contributed by atoms with Crippen LogP contribution in [0, 0.1) is 18.6 Å². The molecule has 1 amide bonds. The minimum Gasteiger partial charge on any atom is -0.367 e. The molecule has 1 saturated heterocycles. The number of amides is 1. The number of hydrogen-bond donors (Lipinski definition) is 0. The van der Waals surface area contributed by atoms with Gasteiger partial charge >= 0.3 is 0 Å². The Morgan fingerprint density at radius 1 is 1.42 bits per heavy atom. The van der Waals surface area contributed by atoms with Crippen molar-refractivity contribution in [3.05, 3.63) is 47.1 Å². The van der Waals surface area contributed by atoms with Crippen LogP contribution in [0.1, 0.15) is 34.9 Å². The normalized spacial score (nSPS) is 18.0. The number of nitrogens with zero attached hydrogens (tertiary/aromatic N) is 3. The number of piperidine rings is 1. The number of ether oxygens (including phenoxy) is 1. The molecule has 1 aromatic heterocycles. The molecule has 1 aliphatic heterocycles. The molecule has 0 unspecified atom stereocenters. The zero-order valence-corrected chi connectivity index (χ0v) is 13.2. The third-order valence-electron chi connectivity index (χ3n) is 3.85. The van der Waals surface area contributed by atoms with E-state index in [0.717, 1.165) is 18.6 Å². The Kier molecular flexibility index (Phi) is 4.84. The van der Waals surface area contributed by atoms with E-state index >= 15 is 0 Å². The highest BCUT2D eigenvalue weighted by molar-refractivity contribution is 5.94. The monoisotopic (exact) mass is 337 g/mol. The standard InChI is InChI=1S/C16H17F2N3O3/c1-10-19-14(24-20-10)9-23-11-4-3-7-21(8-11)16(22)15-12(17)5-2-6-13(15)18/h2,5-6,11H,3-4,7-9H2,1H3/t11-/m0/s1. The predicted octanol–water partition coefficient (Wildman–Crippen LogP) is 2.48. The van der Waals surface area contributed by atoms with Gasteiger partial charge in [0.2, 0.25) is 0 Å². The van der Waals surface area contributed by atoms with Crippen LogP contribution in [0.25, 0.3) is 0 Å². The zero-order chi connectivity index (χ0) is 17.1. The Bertz CT molecular complexity index is 715. The van der Waals surface area contributed by atoms with Gasteiger partial charge in [0.1, 0.15) is 23.8 Å². The maximum Gasteiger partial charge on any atom is 0.259 e. The van der Waals surface area contributed by atoms with E-state index in [1.807, 2.05) is 0 Å². The summed E-state index contributed by atoms with van der Waals surface area (Å²) in [7, 11) is 0. The lowest BCUT2D eigenvalue weighted by Gasteiger charge is -2.32. The number of hydrogen-bond acceptors (Lipinski definition) is 5. The van der Waals surface area contributed by atoms with E-state index in [9.17, 15) is 13.6 Å². The summed E-state index contributed by atoms with van der Waals surface area (Å²) in [5, 5.41) is 3.67. The van der Waals surface area contributed by atoms with E-state index in [4.69, 9.17) is 9.26 Å². The second kappa shape index (κ2) is 7.04. The van der Waals surface area contributed by atoms with Crippen LogP contribution in [0.5, 0.6) is 0 Å². The molecular weight excluding hydrogens is 320 g/mol. The maximum atomic E-state index is 13.8. The first-order chi connectivity index (χ1) is 11.5. The molecule has 0 N–H and O–H groups in total. The topological polar surface area (TPSA) is 68.5 Å². The number of likely N-dealkylation sites (tertiary alicyclic amines) is 1. The van der Waals surface area contributed by atoms with E-state index in [2.05, 4.69) is 10.1 Å². The Labute approximate surface area is 137 Å². The molecule has 0 radical (unpaired) electrons. The summed E-state index contributed by atoms with van der Waals surface area (Å²) in [6, 6.07) is 3.38. The summed E-state index contributed by atoms with van der Waals surface area (Å²) in [5.74, 6) is -1.50. The van der Waals surface area contributed by atoms with Gasteiger partial charge in [-0.2, -0.15) is 4.98 Å². The summed E-state index contributed by atoms with van der Waals surface area (Å²) in [4.78, 5) is 17.9. The van der Waals surface area contributed by atoms with Crippen molar-refractivity contribution in [1.82, 2.24) is 15.0 Å². The van der Waals surface area contributed by atoms with Gasteiger partial charge in [-0.15, -0.1) is 0 Å². The van der Waals surface area contributed by atoms with Gasteiger partial charge in [-0.25, -0.2) is 8.78 Å². The molecule has 1 aliphatic rings. The van der Waals surface area contributed by atoms with Crippen LogP contribution in [-0.4, -0.2) is 40.1 Å². The molecule has 6 nitrogen and oxygen atoms in total. The number of aromatic nitrogens is 2. The number of benzene rings is 1. The third kappa shape index (κ3) is 3.59. The lowest BCUT2D eigenvalue weighted by atomic mass is 10.1. The van der Waals surface area contributed by atoms with Gasteiger partial charge in [0.25, 0.3) is 11.8 Å². The zero-order valence-electron chi connectivity index (χ0n) is 13.2. The molecular formula is C16H17F2N3O3. The second-order valence-corrected chi connectivity index (χ2v) is 5.66. The van der Waals surface area contributed by atoms with Crippen LogP contribution in [0.15, 0.2) is 22.7 Å².